The van der Waals surface area contributed by atoms with E-state index in [4.69, 9.17) is 9.47 Å². The Balaban J connectivity index is 2.21. The molecule has 10 nitrogen and oxygen atoms in total. The summed E-state index contributed by atoms with van der Waals surface area (Å²) in [5.74, 6) is 0.0669. The molecule has 2 unspecified atom stereocenters. The van der Waals surface area contributed by atoms with Gasteiger partial charge in [-0.1, -0.05) is 0 Å². The second-order valence-electron chi connectivity index (χ2n) is 5.68. The highest BCUT2D eigenvalue weighted by atomic mass is 16.6. The zero-order valence-corrected chi connectivity index (χ0v) is 13.1. The lowest BCUT2D eigenvalue weighted by Gasteiger charge is -2.31. The molecule has 24 heavy (non-hydrogen) atoms. The number of rotatable bonds is 5. The van der Waals surface area contributed by atoms with E-state index < -0.39 is 30.6 Å². The molecule has 1 aliphatic rings. The first-order chi connectivity index (χ1) is 11.5. The Morgan fingerprint density at radius 2 is 2.29 bits per heavy atom. The molecule has 0 radical (unpaired) electrons. The quantitative estimate of drug-likeness (QED) is 0.427. The Bertz CT molecular complexity index is 765. The van der Waals surface area contributed by atoms with Crippen molar-refractivity contribution in [3.8, 4) is 0 Å². The number of aromatic nitrogens is 3. The Hall–Kier alpha value is -2.11. The molecule has 0 spiro atoms. The molecular weight excluding hydrogens is 320 g/mol. The second kappa shape index (κ2) is 6.07. The molecule has 3 heterocycles. The molecular formula is C14H18N4O6. The van der Waals surface area contributed by atoms with Crippen LogP contribution >= 0.6 is 0 Å². The van der Waals surface area contributed by atoms with Crippen LogP contribution < -0.4 is 5.48 Å². The third-order valence-electron chi connectivity index (χ3n) is 4.48. The maximum atomic E-state index is 11.4. The predicted octanol–water partition coefficient (Wildman–Crippen LogP) is -0.299. The van der Waals surface area contributed by atoms with Gasteiger partial charge >= 0.3 is 0 Å². The maximum Gasteiger partial charge on any atom is 0.167 e. The first kappa shape index (κ1) is 16.7. The Kier molecular flexibility index (Phi) is 4.24. The van der Waals surface area contributed by atoms with Crippen molar-refractivity contribution in [3.05, 3.63) is 18.1 Å². The molecule has 10 heteroatoms. The highest BCUT2D eigenvalue weighted by molar-refractivity contribution is 6.01. The number of ether oxygens (including phenoxy) is 2. The molecule has 4 N–H and O–H groups in total. The fourth-order valence-electron chi connectivity index (χ4n) is 3.06. The van der Waals surface area contributed by atoms with Crippen LogP contribution in [0.4, 0.5) is 5.82 Å². The van der Waals surface area contributed by atoms with Crippen molar-refractivity contribution in [3.63, 3.8) is 0 Å². The molecule has 1 fully saturated rings. The molecule has 1 aliphatic heterocycles. The monoisotopic (exact) mass is 338 g/mol. The molecule has 0 amide bonds. The molecule has 1 saturated heterocycles. The summed E-state index contributed by atoms with van der Waals surface area (Å²) in [6.45, 7) is 1.24. The first-order valence-electron chi connectivity index (χ1n) is 7.22. The van der Waals surface area contributed by atoms with Crippen molar-refractivity contribution in [1.29, 1.82) is 0 Å². The Morgan fingerprint density at radius 3 is 2.88 bits per heavy atom. The number of hydrogen-bond donors (Lipinski definition) is 4. The maximum absolute atomic E-state index is 11.4. The van der Waals surface area contributed by atoms with E-state index in [-0.39, 0.29) is 11.4 Å². The smallest absolute Gasteiger partial charge is 0.167 e. The van der Waals surface area contributed by atoms with Crippen molar-refractivity contribution in [2.24, 2.45) is 0 Å². The zero-order valence-electron chi connectivity index (χ0n) is 13.1. The van der Waals surface area contributed by atoms with Gasteiger partial charge in [-0.3, -0.25) is 15.5 Å². The average Bonchev–Trinajstić information content (AvgIpc) is 3.11. The third kappa shape index (κ3) is 2.19. The molecule has 0 aliphatic carbocycles. The van der Waals surface area contributed by atoms with Gasteiger partial charge in [0.2, 0.25) is 0 Å². The molecule has 4 atom stereocenters. The van der Waals surface area contributed by atoms with Gasteiger partial charge in [0, 0.05) is 18.9 Å². The number of nitrogens with zero attached hydrogens (tertiary/aromatic N) is 3. The van der Waals surface area contributed by atoms with Gasteiger partial charge in [0.1, 0.15) is 29.8 Å². The van der Waals surface area contributed by atoms with Gasteiger partial charge in [-0.25, -0.2) is 9.97 Å². The number of fused-ring (bicyclic) bond motifs is 1. The first-order valence-corrected chi connectivity index (χ1v) is 7.22. The lowest BCUT2D eigenvalue weighted by atomic mass is 9.96. The van der Waals surface area contributed by atoms with Crippen LogP contribution in [0.3, 0.4) is 0 Å². The van der Waals surface area contributed by atoms with E-state index in [0.29, 0.717) is 17.3 Å². The summed E-state index contributed by atoms with van der Waals surface area (Å²) in [7, 11) is 1.42. The van der Waals surface area contributed by atoms with E-state index in [1.54, 1.807) is 6.92 Å². The summed E-state index contributed by atoms with van der Waals surface area (Å²) < 4.78 is 12.7. The summed E-state index contributed by atoms with van der Waals surface area (Å²) in [6, 6.07) is 0. The fraction of sp³-hybridized carbons (Fsp3) is 0.500. The fourth-order valence-corrected chi connectivity index (χ4v) is 3.06. The number of aldehydes is 1. The predicted molar refractivity (Wildman–Crippen MR) is 80.7 cm³/mol. The van der Waals surface area contributed by atoms with Gasteiger partial charge < -0.3 is 24.3 Å². The van der Waals surface area contributed by atoms with E-state index in [0.717, 1.165) is 0 Å². The van der Waals surface area contributed by atoms with Gasteiger partial charge in [0.15, 0.2) is 18.3 Å². The van der Waals surface area contributed by atoms with Crippen LogP contribution in [0.1, 0.15) is 23.5 Å². The van der Waals surface area contributed by atoms with Crippen LogP contribution in [-0.2, 0) is 9.47 Å². The van der Waals surface area contributed by atoms with Gasteiger partial charge in [-0.2, -0.15) is 0 Å². The minimum absolute atomic E-state index is 0.0669. The number of methoxy groups -OCH3 is 1. The molecule has 0 aromatic carbocycles. The average molecular weight is 338 g/mol. The molecule has 2 aromatic rings. The number of aliphatic hydroxyl groups is 2. The van der Waals surface area contributed by atoms with E-state index in [1.807, 2.05) is 5.48 Å². The van der Waals surface area contributed by atoms with E-state index in [2.05, 4.69) is 9.97 Å². The third-order valence-corrected chi connectivity index (χ3v) is 4.48. The summed E-state index contributed by atoms with van der Waals surface area (Å²) in [4.78, 5) is 19.4. The SMILES string of the molecule is CO[C@]1(C)C(O)C(CO)O[C@H]1n1cc(C=O)c2c(NO)ncnc21. The van der Waals surface area contributed by atoms with Crippen LogP contribution in [0.25, 0.3) is 11.0 Å². The zero-order chi connectivity index (χ0) is 17.5. The van der Waals surface area contributed by atoms with E-state index >= 15 is 0 Å². The number of carbonyl (C=O) groups is 1. The highest BCUT2D eigenvalue weighted by Gasteiger charge is 2.54. The lowest BCUT2D eigenvalue weighted by Crippen LogP contribution is -2.46. The number of aliphatic hydroxyl groups excluding tert-OH is 2. The Morgan fingerprint density at radius 1 is 1.54 bits per heavy atom. The van der Waals surface area contributed by atoms with Crippen LogP contribution in [0.15, 0.2) is 12.5 Å². The largest absolute Gasteiger partial charge is 0.394 e. The summed E-state index contributed by atoms with van der Waals surface area (Å²) in [6.07, 6.45) is 0.489. The normalized spacial score (nSPS) is 30.0. The van der Waals surface area contributed by atoms with E-state index in [9.17, 15) is 20.2 Å². The Labute approximate surface area is 136 Å². The van der Waals surface area contributed by atoms with Crippen molar-refractivity contribution in [2.75, 3.05) is 19.2 Å². The lowest BCUT2D eigenvalue weighted by molar-refractivity contribution is -0.118. The summed E-state index contributed by atoms with van der Waals surface area (Å²) in [5.41, 5.74) is 1.28. The summed E-state index contributed by atoms with van der Waals surface area (Å²) in [5, 5.41) is 29.3. The van der Waals surface area contributed by atoms with Crippen LogP contribution in [0.2, 0.25) is 0 Å². The van der Waals surface area contributed by atoms with Crippen molar-refractivity contribution >= 4 is 23.1 Å². The minimum atomic E-state index is -1.18. The molecule has 2 aromatic heterocycles. The van der Waals surface area contributed by atoms with E-state index in [1.165, 1.54) is 24.2 Å². The number of carbonyl (C=O) groups excluding carboxylic acids is 1. The van der Waals surface area contributed by atoms with Crippen molar-refractivity contribution in [2.45, 2.75) is 31.0 Å². The standard InChI is InChI=1S/C14H18N4O6/c1-14(23-2)10(21)8(5-20)24-13(14)18-3-7(4-19)9-11(17-22)15-6-16-12(9)18/h3-4,6,8,10,13,20-22H,5H2,1-2H3,(H,15,16,17)/t8?,10?,13-,14-/m1/s1. The van der Waals surface area contributed by atoms with Crippen molar-refractivity contribution < 1.29 is 29.7 Å². The van der Waals surface area contributed by atoms with Crippen LogP contribution in [0.5, 0.6) is 0 Å². The van der Waals surface area contributed by atoms with Gasteiger partial charge in [0.25, 0.3) is 0 Å². The number of anilines is 1. The molecule has 3 rings (SSSR count). The minimum Gasteiger partial charge on any atom is -0.394 e. The number of hydrogen-bond acceptors (Lipinski definition) is 9. The van der Waals surface area contributed by atoms with Gasteiger partial charge in [0.05, 0.1) is 12.0 Å². The van der Waals surface area contributed by atoms with Crippen LogP contribution in [-0.4, -0.2) is 67.8 Å². The van der Waals surface area contributed by atoms with Crippen LogP contribution in [0, 0.1) is 0 Å². The molecule has 0 bridgehead atoms. The summed E-state index contributed by atoms with van der Waals surface area (Å²) >= 11 is 0. The topological polar surface area (TPSA) is 139 Å². The number of nitrogens with one attached hydrogen (secondary N) is 1. The highest BCUT2D eigenvalue weighted by Crippen LogP contribution is 2.42. The second-order valence-corrected chi connectivity index (χ2v) is 5.68. The molecule has 0 saturated carbocycles. The van der Waals surface area contributed by atoms with Gasteiger partial charge in [-0.05, 0) is 6.92 Å². The van der Waals surface area contributed by atoms with Crippen molar-refractivity contribution in [1.82, 2.24) is 14.5 Å². The van der Waals surface area contributed by atoms with Gasteiger partial charge in [-0.15, -0.1) is 0 Å². The molecule has 130 valence electrons.